The predicted octanol–water partition coefficient (Wildman–Crippen LogP) is 3.13. The number of rotatable bonds is 5. The van der Waals surface area contributed by atoms with Crippen LogP contribution in [-0.2, 0) is 0 Å². The summed E-state index contributed by atoms with van der Waals surface area (Å²) in [4.78, 5) is 16.2. The molecule has 0 unspecified atom stereocenters. The van der Waals surface area contributed by atoms with Gasteiger partial charge in [-0.2, -0.15) is 0 Å². The number of nitrogens with zero attached hydrogens (tertiary/aromatic N) is 1. The first-order valence-corrected chi connectivity index (χ1v) is 8.35. The van der Waals surface area contributed by atoms with Gasteiger partial charge in [-0.3, -0.25) is 0 Å². The van der Waals surface area contributed by atoms with E-state index >= 15 is 0 Å². The van der Waals surface area contributed by atoms with Crippen molar-refractivity contribution in [2.45, 2.75) is 12.8 Å². The molecule has 1 fully saturated rings. The number of benzene rings is 1. The SMILES string of the molecule is O=C(NCC1CCNCC1)Nc1cccnc1Oc1ccccc1F. The highest BCUT2D eigenvalue weighted by Gasteiger charge is 2.15. The zero-order valence-corrected chi connectivity index (χ0v) is 13.8. The highest BCUT2D eigenvalue weighted by atomic mass is 19.1. The molecule has 0 atom stereocenters. The summed E-state index contributed by atoms with van der Waals surface area (Å²) >= 11 is 0. The zero-order chi connectivity index (χ0) is 17.5. The Kier molecular flexibility index (Phi) is 5.79. The Balaban J connectivity index is 1.60. The number of anilines is 1. The molecule has 0 saturated carbocycles. The molecule has 0 bridgehead atoms. The Hall–Kier alpha value is -2.67. The van der Waals surface area contributed by atoms with E-state index < -0.39 is 5.82 Å². The minimum Gasteiger partial charge on any atom is -0.434 e. The van der Waals surface area contributed by atoms with Gasteiger partial charge in [-0.25, -0.2) is 14.2 Å². The van der Waals surface area contributed by atoms with Gasteiger partial charge in [0.1, 0.15) is 5.69 Å². The summed E-state index contributed by atoms with van der Waals surface area (Å²) in [6, 6.07) is 9.06. The highest BCUT2D eigenvalue weighted by Crippen LogP contribution is 2.28. The van der Waals surface area contributed by atoms with E-state index in [1.165, 1.54) is 18.3 Å². The van der Waals surface area contributed by atoms with Crippen molar-refractivity contribution >= 4 is 11.7 Å². The van der Waals surface area contributed by atoms with Gasteiger partial charge in [-0.05, 0) is 56.1 Å². The fraction of sp³-hybridized carbons (Fsp3) is 0.333. The first-order valence-electron chi connectivity index (χ1n) is 8.35. The zero-order valence-electron chi connectivity index (χ0n) is 13.8. The van der Waals surface area contributed by atoms with Crippen molar-refractivity contribution in [3.63, 3.8) is 0 Å². The fourth-order valence-corrected chi connectivity index (χ4v) is 2.69. The third-order valence-electron chi connectivity index (χ3n) is 4.07. The molecule has 1 aliphatic rings. The van der Waals surface area contributed by atoms with Crippen molar-refractivity contribution in [1.82, 2.24) is 15.6 Å². The normalized spacial score (nSPS) is 14.8. The fourth-order valence-electron chi connectivity index (χ4n) is 2.69. The van der Waals surface area contributed by atoms with Crippen LogP contribution >= 0.6 is 0 Å². The van der Waals surface area contributed by atoms with Crippen LogP contribution in [0.25, 0.3) is 0 Å². The smallest absolute Gasteiger partial charge is 0.319 e. The van der Waals surface area contributed by atoms with Gasteiger partial charge in [0, 0.05) is 12.7 Å². The van der Waals surface area contributed by atoms with E-state index in [9.17, 15) is 9.18 Å². The van der Waals surface area contributed by atoms with Crippen molar-refractivity contribution in [2.24, 2.45) is 5.92 Å². The molecule has 0 radical (unpaired) electrons. The van der Waals surface area contributed by atoms with Crippen LogP contribution in [0.3, 0.4) is 0 Å². The van der Waals surface area contributed by atoms with Crippen LogP contribution in [0.4, 0.5) is 14.9 Å². The van der Waals surface area contributed by atoms with Crippen LogP contribution < -0.4 is 20.7 Å². The van der Waals surface area contributed by atoms with Crippen molar-refractivity contribution < 1.29 is 13.9 Å². The first-order chi connectivity index (χ1) is 12.2. The summed E-state index contributed by atoms with van der Waals surface area (Å²) in [7, 11) is 0. The topological polar surface area (TPSA) is 75.3 Å². The number of urea groups is 1. The molecular weight excluding hydrogens is 323 g/mol. The largest absolute Gasteiger partial charge is 0.434 e. The van der Waals surface area contributed by atoms with E-state index in [4.69, 9.17) is 4.74 Å². The number of para-hydroxylation sites is 1. The van der Waals surface area contributed by atoms with Gasteiger partial charge in [-0.15, -0.1) is 0 Å². The van der Waals surface area contributed by atoms with Gasteiger partial charge in [0.05, 0.1) is 0 Å². The lowest BCUT2D eigenvalue weighted by Crippen LogP contribution is -2.37. The minimum absolute atomic E-state index is 0.0550. The number of pyridine rings is 1. The molecular formula is C18H21FN4O2. The molecule has 1 saturated heterocycles. The quantitative estimate of drug-likeness (QED) is 0.779. The maximum Gasteiger partial charge on any atom is 0.319 e. The number of piperidine rings is 1. The van der Waals surface area contributed by atoms with Crippen molar-refractivity contribution in [3.05, 3.63) is 48.4 Å². The van der Waals surface area contributed by atoms with E-state index in [1.54, 1.807) is 24.3 Å². The van der Waals surface area contributed by atoms with E-state index in [1.807, 2.05) is 0 Å². The average molecular weight is 344 g/mol. The van der Waals surface area contributed by atoms with Crippen molar-refractivity contribution in [2.75, 3.05) is 25.0 Å². The van der Waals surface area contributed by atoms with Crippen LogP contribution in [-0.4, -0.2) is 30.6 Å². The molecule has 1 aromatic carbocycles. The Morgan fingerprint density at radius 3 is 2.84 bits per heavy atom. The van der Waals surface area contributed by atoms with Crippen molar-refractivity contribution in [1.29, 1.82) is 0 Å². The molecule has 7 heteroatoms. The minimum atomic E-state index is -0.491. The molecule has 2 amide bonds. The lowest BCUT2D eigenvalue weighted by Gasteiger charge is -2.22. The predicted molar refractivity (Wildman–Crippen MR) is 93.3 cm³/mol. The molecule has 1 aliphatic heterocycles. The Bertz CT molecular complexity index is 720. The Morgan fingerprint density at radius 1 is 1.24 bits per heavy atom. The molecule has 2 heterocycles. The van der Waals surface area contributed by atoms with Crippen LogP contribution in [0.1, 0.15) is 12.8 Å². The van der Waals surface area contributed by atoms with E-state index in [2.05, 4.69) is 20.9 Å². The maximum absolute atomic E-state index is 13.7. The molecule has 6 nitrogen and oxygen atoms in total. The van der Waals surface area contributed by atoms with Crippen molar-refractivity contribution in [3.8, 4) is 11.6 Å². The Morgan fingerprint density at radius 2 is 2.04 bits per heavy atom. The number of aromatic nitrogens is 1. The number of carbonyl (C=O) groups excluding carboxylic acids is 1. The number of amides is 2. The summed E-state index contributed by atoms with van der Waals surface area (Å²) in [6.45, 7) is 2.59. The summed E-state index contributed by atoms with van der Waals surface area (Å²) in [5.74, 6) is 0.188. The van der Waals surface area contributed by atoms with Gasteiger partial charge >= 0.3 is 6.03 Å². The second kappa shape index (κ2) is 8.43. The van der Waals surface area contributed by atoms with Crippen LogP contribution in [0, 0.1) is 11.7 Å². The number of carbonyl (C=O) groups is 1. The average Bonchev–Trinajstić information content (AvgIpc) is 2.64. The summed E-state index contributed by atoms with van der Waals surface area (Å²) < 4.78 is 19.2. The van der Waals surface area contributed by atoms with Gasteiger partial charge in [0.15, 0.2) is 11.6 Å². The third-order valence-corrected chi connectivity index (χ3v) is 4.07. The van der Waals surface area contributed by atoms with Gasteiger partial charge in [0.25, 0.3) is 0 Å². The van der Waals surface area contributed by atoms with Gasteiger partial charge in [0.2, 0.25) is 5.88 Å². The molecule has 1 aromatic heterocycles. The third kappa shape index (κ3) is 4.90. The molecule has 0 spiro atoms. The summed E-state index contributed by atoms with van der Waals surface area (Å²) in [5.41, 5.74) is 0.383. The molecule has 0 aliphatic carbocycles. The van der Waals surface area contributed by atoms with Gasteiger partial charge in [-0.1, -0.05) is 12.1 Å². The van der Waals surface area contributed by atoms with Crippen LogP contribution in [0.15, 0.2) is 42.6 Å². The number of halogens is 1. The lowest BCUT2D eigenvalue weighted by atomic mass is 9.98. The number of hydrogen-bond donors (Lipinski definition) is 3. The van der Waals surface area contributed by atoms with E-state index in [0.717, 1.165) is 25.9 Å². The molecule has 25 heavy (non-hydrogen) atoms. The number of nitrogens with one attached hydrogen (secondary N) is 3. The molecule has 2 aromatic rings. The molecule has 3 N–H and O–H groups in total. The maximum atomic E-state index is 13.7. The van der Waals surface area contributed by atoms with Gasteiger partial charge < -0.3 is 20.7 Å². The second-order valence-corrected chi connectivity index (χ2v) is 5.92. The van der Waals surface area contributed by atoms with E-state index in [-0.39, 0.29) is 17.7 Å². The first kappa shape index (κ1) is 17.2. The van der Waals surface area contributed by atoms with E-state index in [0.29, 0.717) is 18.2 Å². The van der Waals surface area contributed by atoms with Crippen LogP contribution in [0.5, 0.6) is 11.6 Å². The van der Waals surface area contributed by atoms with Crippen LogP contribution in [0.2, 0.25) is 0 Å². The standard InChI is InChI=1S/C18H21FN4O2/c19-14-4-1-2-6-16(14)25-17-15(5-3-9-21-17)23-18(24)22-12-13-7-10-20-11-8-13/h1-6,9,13,20H,7-8,10-12H2,(H2,22,23,24). The lowest BCUT2D eigenvalue weighted by molar-refractivity contribution is 0.248. The highest BCUT2D eigenvalue weighted by molar-refractivity contribution is 5.90. The second-order valence-electron chi connectivity index (χ2n) is 5.92. The monoisotopic (exact) mass is 344 g/mol. The molecule has 132 valence electrons. The summed E-state index contributed by atoms with van der Waals surface area (Å²) in [5, 5.41) is 8.88. The number of hydrogen-bond acceptors (Lipinski definition) is 4. The molecule has 3 rings (SSSR count). The Labute approximate surface area is 145 Å². The number of ether oxygens (including phenoxy) is 1. The summed E-state index contributed by atoms with van der Waals surface area (Å²) in [6.07, 6.45) is 3.62.